The largest absolute Gasteiger partial charge is 0.388 e. The van der Waals surface area contributed by atoms with E-state index in [1.54, 1.807) is 0 Å². The van der Waals surface area contributed by atoms with Crippen molar-refractivity contribution in [2.24, 2.45) is 5.92 Å². The molecule has 4 nitrogen and oxygen atoms in total. The second kappa shape index (κ2) is 8.86. The van der Waals surface area contributed by atoms with Crippen LogP contribution in [-0.2, 0) is 9.47 Å². The Hall–Kier alpha value is -0.160. The van der Waals surface area contributed by atoms with E-state index in [0.717, 1.165) is 39.0 Å². The predicted molar refractivity (Wildman–Crippen MR) is 68.1 cm³/mol. The fraction of sp³-hybridized carbons (Fsp3) is 1.00. The first-order valence-electron chi connectivity index (χ1n) is 6.82. The van der Waals surface area contributed by atoms with Crippen molar-refractivity contribution < 1.29 is 14.6 Å². The normalized spacial score (nSPS) is 27.0. The summed E-state index contributed by atoms with van der Waals surface area (Å²) in [5.74, 6) is 0.574. The average molecular weight is 245 g/mol. The van der Waals surface area contributed by atoms with Crippen LogP contribution in [0.5, 0.6) is 0 Å². The summed E-state index contributed by atoms with van der Waals surface area (Å²) in [6.45, 7) is 7.79. The highest BCUT2D eigenvalue weighted by molar-refractivity contribution is 4.75. The molecule has 0 radical (unpaired) electrons. The number of unbranched alkanes of at least 4 members (excludes halogenated alkanes) is 1. The van der Waals surface area contributed by atoms with E-state index in [4.69, 9.17) is 9.47 Å². The van der Waals surface area contributed by atoms with Crippen molar-refractivity contribution in [1.29, 1.82) is 0 Å². The second-order valence-electron chi connectivity index (χ2n) is 4.92. The van der Waals surface area contributed by atoms with Crippen LogP contribution in [0.25, 0.3) is 0 Å². The number of hydrogen-bond donors (Lipinski definition) is 2. The highest BCUT2D eigenvalue weighted by Gasteiger charge is 2.22. The number of hydrogen-bond acceptors (Lipinski definition) is 4. The summed E-state index contributed by atoms with van der Waals surface area (Å²) in [7, 11) is 0. The van der Waals surface area contributed by atoms with E-state index in [-0.39, 0.29) is 6.10 Å². The Kier molecular flexibility index (Phi) is 7.77. The Morgan fingerprint density at radius 3 is 2.94 bits per heavy atom. The lowest BCUT2D eigenvalue weighted by Gasteiger charge is -2.30. The van der Waals surface area contributed by atoms with E-state index in [0.29, 0.717) is 19.1 Å². The molecule has 0 aromatic heterocycles. The molecule has 0 aliphatic carbocycles. The van der Waals surface area contributed by atoms with Crippen molar-refractivity contribution in [3.63, 3.8) is 0 Å². The van der Waals surface area contributed by atoms with E-state index in [1.165, 1.54) is 0 Å². The van der Waals surface area contributed by atoms with Crippen LogP contribution in [0.3, 0.4) is 0 Å². The van der Waals surface area contributed by atoms with Gasteiger partial charge in [0, 0.05) is 13.2 Å². The van der Waals surface area contributed by atoms with Crippen LogP contribution in [0.2, 0.25) is 0 Å². The number of nitrogens with one attached hydrogen (secondary N) is 1. The van der Waals surface area contributed by atoms with Gasteiger partial charge in [0.25, 0.3) is 0 Å². The Morgan fingerprint density at radius 1 is 1.41 bits per heavy atom. The van der Waals surface area contributed by atoms with Gasteiger partial charge in [-0.15, -0.1) is 0 Å². The molecule has 4 heteroatoms. The molecule has 1 aliphatic heterocycles. The molecule has 17 heavy (non-hydrogen) atoms. The van der Waals surface area contributed by atoms with Crippen molar-refractivity contribution >= 4 is 0 Å². The predicted octanol–water partition coefficient (Wildman–Crippen LogP) is 1.18. The molecule has 1 heterocycles. The van der Waals surface area contributed by atoms with Crippen LogP contribution in [0.1, 0.15) is 33.1 Å². The van der Waals surface area contributed by atoms with Gasteiger partial charge in [-0.05, 0) is 25.3 Å². The molecule has 102 valence electrons. The van der Waals surface area contributed by atoms with Gasteiger partial charge >= 0.3 is 0 Å². The lowest BCUT2D eigenvalue weighted by atomic mass is 9.97. The number of aliphatic hydroxyl groups excluding tert-OH is 1. The third-order valence-electron chi connectivity index (χ3n) is 3.21. The lowest BCUT2D eigenvalue weighted by Crippen LogP contribution is -2.42. The van der Waals surface area contributed by atoms with Crippen LogP contribution in [0.4, 0.5) is 0 Å². The van der Waals surface area contributed by atoms with Gasteiger partial charge in [-0.1, -0.05) is 20.3 Å². The van der Waals surface area contributed by atoms with Gasteiger partial charge in [-0.3, -0.25) is 0 Å². The van der Waals surface area contributed by atoms with Gasteiger partial charge in [0.1, 0.15) is 6.10 Å². The van der Waals surface area contributed by atoms with Crippen molar-refractivity contribution in [3.8, 4) is 0 Å². The lowest BCUT2D eigenvalue weighted by molar-refractivity contribution is -0.0633. The molecule has 0 aromatic carbocycles. The maximum Gasteiger partial charge on any atom is 0.101 e. The van der Waals surface area contributed by atoms with Gasteiger partial charge in [-0.25, -0.2) is 0 Å². The van der Waals surface area contributed by atoms with E-state index in [1.807, 2.05) is 0 Å². The summed E-state index contributed by atoms with van der Waals surface area (Å²) in [6, 6.07) is 0. The molecule has 3 unspecified atom stereocenters. The van der Waals surface area contributed by atoms with Gasteiger partial charge in [-0.2, -0.15) is 0 Å². The molecule has 1 saturated heterocycles. The van der Waals surface area contributed by atoms with Crippen LogP contribution in [-0.4, -0.2) is 50.2 Å². The number of ether oxygens (including phenoxy) is 2. The summed E-state index contributed by atoms with van der Waals surface area (Å²) in [5, 5.41) is 13.0. The number of rotatable bonds is 8. The second-order valence-corrected chi connectivity index (χ2v) is 4.92. The molecule has 0 bridgehead atoms. The van der Waals surface area contributed by atoms with Crippen molar-refractivity contribution in [2.75, 3.05) is 32.9 Å². The van der Waals surface area contributed by atoms with Gasteiger partial charge in [0.05, 0.1) is 19.3 Å². The van der Waals surface area contributed by atoms with Crippen molar-refractivity contribution in [3.05, 3.63) is 0 Å². The minimum atomic E-state index is -0.499. The van der Waals surface area contributed by atoms with E-state index >= 15 is 0 Å². The molecule has 0 saturated carbocycles. The summed E-state index contributed by atoms with van der Waals surface area (Å²) >= 11 is 0. The standard InChI is InChI=1S/C13H27NO3/c1-3-4-7-16-9-12(15)10-17-13-8-14-6-5-11(13)2/h11-15H,3-10H2,1-2H3. The quantitative estimate of drug-likeness (QED) is 0.631. The summed E-state index contributed by atoms with van der Waals surface area (Å²) in [5.41, 5.74) is 0. The van der Waals surface area contributed by atoms with Crippen molar-refractivity contribution in [1.82, 2.24) is 5.32 Å². The number of piperidine rings is 1. The van der Waals surface area contributed by atoms with Gasteiger partial charge in [0.15, 0.2) is 0 Å². The maximum atomic E-state index is 9.70. The van der Waals surface area contributed by atoms with Gasteiger partial charge in [0.2, 0.25) is 0 Å². The molecule has 1 rings (SSSR count). The molecular weight excluding hydrogens is 218 g/mol. The highest BCUT2D eigenvalue weighted by atomic mass is 16.5. The SMILES string of the molecule is CCCCOCC(O)COC1CNCCC1C. The first-order chi connectivity index (χ1) is 8.24. The van der Waals surface area contributed by atoms with Crippen LogP contribution in [0.15, 0.2) is 0 Å². The summed E-state index contributed by atoms with van der Waals surface area (Å²) < 4.78 is 11.1. The minimum Gasteiger partial charge on any atom is -0.388 e. The molecule has 3 atom stereocenters. The van der Waals surface area contributed by atoms with Crippen molar-refractivity contribution in [2.45, 2.75) is 45.3 Å². The Balaban J connectivity index is 2.03. The fourth-order valence-electron chi connectivity index (χ4n) is 1.93. The minimum absolute atomic E-state index is 0.231. The van der Waals surface area contributed by atoms with E-state index in [2.05, 4.69) is 19.2 Å². The summed E-state index contributed by atoms with van der Waals surface area (Å²) in [4.78, 5) is 0. The van der Waals surface area contributed by atoms with E-state index in [9.17, 15) is 5.11 Å². The topological polar surface area (TPSA) is 50.7 Å². The number of aliphatic hydroxyl groups is 1. The Labute approximate surface area is 105 Å². The molecule has 2 N–H and O–H groups in total. The zero-order valence-corrected chi connectivity index (χ0v) is 11.2. The molecule has 0 aromatic rings. The average Bonchev–Trinajstić information content (AvgIpc) is 2.34. The van der Waals surface area contributed by atoms with Crippen LogP contribution >= 0.6 is 0 Å². The fourth-order valence-corrected chi connectivity index (χ4v) is 1.93. The van der Waals surface area contributed by atoms with Crippen LogP contribution < -0.4 is 5.32 Å². The molecule has 0 amide bonds. The monoisotopic (exact) mass is 245 g/mol. The summed E-state index contributed by atoms with van der Waals surface area (Å²) in [6.07, 6.45) is 3.05. The third kappa shape index (κ3) is 6.36. The zero-order valence-electron chi connectivity index (χ0n) is 11.2. The van der Waals surface area contributed by atoms with E-state index < -0.39 is 6.10 Å². The highest BCUT2D eigenvalue weighted by Crippen LogP contribution is 2.14. The smallest absolute Gasteiger partial charge is 0.101 e. The Morgan fingerprint density at radius 2 is 2.24 bits per heavy atom. The zero-order chi connectivity index (χ0) is 12.5. The Bertz CT molecular complexity index is 190. The third-order valence-corrected chi connectivity index (χ3v) is 3.21. The first kappa shape index (κ1) is 14.9. The molecule has 1 aliphatic rings. The van der Waals surface area contributed by atoms with Crippen LogP contribution in [0, 0.1) is 5.92 Å². The molecule has 1 fully saturated rings. The maximum absolute atomic E-state index is 9.70. The van der Waals surface area contributed by atoms with Gasteiger partial charge < -0.3 is 19.9 Å². The molecule has 0 spiro atoms. The molecular formula is C13H27NO3. The first-order valence-corrected chi connectivity index (χ1v) is 6.82.